The van der Waals surface area contributed by atoms with Gasteiger partial charge in [-0.25, -0.2) is 9.78 Å². The average Bonchev–Trinajstić information content (AvgIpc) is 2.87. The van der Waals surface area contributed by atoms with E-state index in [-0.39, 0.29) is 11.3 Å². The van der Waals surface area contributed by atoms with E-state index in [1.165, 1.54) is 10.9 Å². The van der Waals surface area contributed by atoms with Crippen LogP contribution in [0.15, 0.2) is 18.3 Å². The van der Waals surface area contributed by atoms with Crippen molar-refractivity contribution in [2.45, 2.75) is 6.18 Å². The molecule has 3 aromatic rings. The van der Waals surface area contributed by atoms with Gasteiger partial charge in [0.2, 0.25) is 0 Å². The Hall–Kier alpha value is -2.84. The van der Waals surface area contributed by atoms with Crippen molar-refractivity contribution in [1.82, 2.24) is 14.8 Å². The summed E-state index contributed by atoms with van der Waals surface area (Å²) in [4.78, 5) is 15.8. The first-order chi connectivity index (χ1) is 10.7. The highest BCUT2D eigenvalue weighted by Gasteiger charge is 2.36. The minimum Gasteiger partial charge on any atom is -0.465 e. The standard InChI is InChI=1S/C14H11F3N4O2/c1-21-11-7-3-6(13(22)23-2)9(14(15,16)17)4-10(7)20-12(18)8(11)5-19-21/h3-5H,1-2H3,(H2,18,20). The number of fused-ring (bicyclic) bond motifs is 3. The van der Waals surface area contributed by atoms with E-state index >= 15 is 0 Å². The summed E-state index contributed by atoms with van der Waals surface area (Å²) in [5.74, 6) is -1.01. The second-order valence-electron chi connectivity index (χ2n) is 4.93. The van der Waals surface area contributed by atoms with Crippen molar-refractivity contribution < 1.29 is 22.7 Å². The van der Waals surface area contributed by atoms with Crippen LogP contribution in [0.2, 0.25) is 0 Å². The zero-order chi connectivity index (χ0) is 16.9. The number of hydrogen-bond acceptors (Lipinski definition) is 5. The molecule has 0 saturated heterocycles. The van der Waals surface area contributed by atoms with E-state index in [1.54, 1.807) is 7.05 Å². The quantitative estimate of drug-likeness (QED) is 0.695. The van der Waals surface area contributed by atoms with E-state index in [2.05, 4.69) is 14.8 Å². The molecule has 1 aromatic carbocycles. The molecule has 0 saturated carbocycles. The predicted molar refractivity (Wildman–Crippen MR) is 76.8 cm³/mol. The smallest absolute Gasteiger partial charge is 0.417 e. The largest absolute Gasteiger partial charge is 0.465 e. The van der Waals surface area contributed by atoms with Crippen molar-refractivity contribution in [2.24, 2.45) is 7.05 Å². The Morgan fingerprint density at radius 3 is 2.61 bits per heavy atom. The van der Waals surface area contributed by atoms with Crippen LogP contribution in [-0.2, 0) is 18.0 Å². The van der Waals surface area contributed by atoms with Crippen LogP contribution < -0.4 is 5.73 Å². The Morgan fingerprint density at radius 1 is 1.30 bits per heavy atom. The topological polar surface area (TPSA) is 83.0 Å². The molecule has 2 aromatic heterocycles. The van der Waals surface area contributed by atoms with Gasteiger partial charge in [-0.05, 0) is 12.1 Å². The van der Waals surface area contributed by atoms with Gasteiger partial charge >= 0.3 is 12.1 Å². The number of halogens is 3. The predicted octanol–water partition coefficient (Wildman–Crippen LogP) is 2.51. The van der Waals surface area contributed by atoms with E-state index in [1.807, 2.05) is 0 Å². The summed E-state index contributed by atoms with van der Waals surface area (Å²) < 4.78 is 45.6. The van der Waals surface area contributed by atoms with Crippen molar-refractivity contribution in [1.29, 1.82) is 0 Å². The van der Waals surface area contributed by atoms with Gasteiger partial charge in [0.1, 0.15) is 5.82 Å². The lowest BCUT2D eigenvalue weighted by Gasteiger charge is -2.13. The van der Waals surface area contributed by atoms with E-state index < -0.39 is 23.3 Å². The van der Waals surface area contributed by atoms with Gasteiger partial charge in [-0.2, -0.15) is 18.3 Å². The summed E-state index contributed by atoms with van der Waals surface area (Å²) in [6, 6.07) is 1.91. The monoisotopic (exact) mass is 324 g/mol. The SMILES string of the molecule is COC(=O)c1cc2c(cc1C(F)(F)F)nc(N)c1cnn(C)c12. The summed E-state index contributed by atoms with van der Waals surface area (Å²) in [5, 5.41) is 4.86. The second-order valence-corrected chi connectivity index (χ2v) is 4.93. The molecule has 120 valence electrons. The van der Waals surface area contributed by atoms with Gasteiger partial charge in [0.25, 0.3) is 0 Å². The molecule has 0 bridgehead atoms. The molecule has 0 amide bonds. The van der Waals surface area contributed by atoms with Gasteiger partial charge in [-0.3, -0.25) is 4.68 Å². The summed E-state index contributed by atoms with van der Waals surface area (Å²) in [7, 11) is 2.64. The number of aryl methyl sites for hydroxylation is 1. The maximum atomic E-state index is 13.2. The lowest BCUT2D eigenvalue weighted by Crippen LogP contribution is -2.14. The Balaban J connectivity index is 2.49. The molecule has 9 heteroatoms. The second kappa shape index (κ2) is 4.83. The van der Waals surface area contributed by atoms with Crippen LogP contribution >= 0.6 is 0 Å². The third-order valence-electron chi connectivity index (χ3n) is 3.56. The number of pyridine rings is 1. The highest BCUT2D eigenvalue weighted by molar-refractivity contribution is 6.10. The van der Waals surface area contributed by atoms with Gasteiger partial charge in [0, 0.05) is 12.4 Å². The maximum absolute atomic E-state index is 13.2. The summed E-state index contributed by atoms with van der Waals surface area (Å²) >= 11 is 0. The Kier molecular flexibility index (Phi) is 3.17. The third-order valence-corrected chi connectivity index (χ3v) is 3.56. The van der Waals surface area contributed by atoms with Crippen LogP contribution in [0.25, 0.3) is 21.8 Å². The molecule has 0 unspecified atom stereocenters. The minimum atomic E-state index is -4.73. The number of nitrogen functional groups attached to an aromatic ring is 1. The summed E-state index contributed by atoms with van der Waals surface area (Å²) in [5.41, 5.74) is 4.60. The van der Waals surface area contributed by atoms with Crippen molar-refractivity contribution in [2.75, 3.05) is 12.8 Å². The molecule has 23 heavy (non-hydrogen) atoms. The number of esters is 1. The number of anilines is 1. The van der Waals surface area contributed by atoms with Gasteiger partial charge < -0.3 is 10.5 Å². The fraction of sp³-hybridized carbons (Fsp3) is 0.214. The van der Waals surface area contributed by atoms with E-state index in [0.717, 1.165) is 19.2 Å². The molecule has 3 rings (SSSR count). The lowest BCUT2D eigenvalue weighted by molar-refractivity contribution is -0.138. The Morgan fingerprint density at radius 2 is 2.00 bits per heavy atom. The zero-order valence-electron chi connectivity index (χ0n) is 12.1. The first-order valence-electron chi connectivity index (χ1n) is 6.44. The highest BCUT2D eigenvalue weighted by Crippen LogP contribution is 2.37. The molecule has 0 spiro atoms. The average molecular weight is 324 g/mol. The number of methoxy groups -OCH3 is 1. The summed E-state index contributed by atoms with van der Waals surface area (Å²) in [6.45, 7) is 0. The van der Waals surface area contributed by atoms with Crippen LogP contribution in [0, 0.1) is 0 Å². The van der Waals surface area contributed by atoms with Crippen molar-refractivity contribution in [3.8, 4) is 0 Å². The minimum absolute atomic E-state index is 0.0265. The van der Waals surface area contributed by atoms with Crippen molar-refractivity contribution in [3.63, 3.8) is 0 Å². The van der Waals surface area contributed by atoms with E-state index in [4.69, 9.17) is 5.73 Å². The molecule has 0 aliphatic heterocycles. The molecule has 2 N–H and O–H groups in total. The molecule has 0 radical (unpaired) electrons. The molecule has 6 nitrogen and oxygen atoms in total. The number of alkyl halides is 3. The van der Waals surface area contributed by atoms with Gasteiger partial charge in [-0.1, -0.05) is 0 Å². The number of carbonyl (C=O) groups excluding carboxylic acids is 1. The van der Waals surface area contributed by atoms with Crippen molar-refractivity contribution >= 4 is 33.6 Å². The normalized spacial score (nSPS) is 12.0. The van der Waals surface area contributed by atoms with E-state index in [9.17, 15) is 18.0 Å². The molecule has 0 aliphatic carbocycles. The Bertz CT molecular complexity index is 947. The van der Waals surface area contributed by atoms with Crippen LogP contribution in [0.4, 0.5) is 19.0 Å². The van der Waals surface area contributed by atoms with Gasteiger partial charge in [0.05, 0.1) is 40.9 Å². The first-order valence-corrected chi connectivity index (χ1v) is 6.44. The number of hydrogen-bond donors (Lipinski definition) is 1. The fourth-order valence-corrected chi connectivity index (χ4v) is 2.52. The number of nitrogens with zero attached hydrogens (tertiary/aromatic N) is 3. The fourth-order valence-electron chi connectivity index (χ4n) is 2.52. The van der Waals surface area contributed by atoms with Gasteiger partial charge in [-0.15, -0.1) is 0 Å². The number of aromatic nitrogens is 3. The van der Waals surface area contributed by atoms with Crippen LogP contribution in [0.5, 0.6) is 0 Å². The maximum Gasteiger partial charge on any atom is 0.417 e. The third kappa shape index (κ3) is 2.24. The molecular weight excluding hydrogens is 313 g/mol. The molecular formula is C14H11F3N4O2. The lowest BCUT2D eigenvalue weighted by atomic mass is 10.0. The highest BCUT2D eigenvalue weighted by atomic mass is 19.4. The van der Waals surface area contributed by atoms with Gasteiger partial charge in [0.15, 0.2) is 0 Å². The van der Waals surface area contributed by atoms with Crippen LogP contribution in [0.1, 0.15) is 15.9 Å². The van der Waals surface area contributed by atoms with Crippen molar-refractivity contribution in [3.05, 3.63) is 29.5 Å². The molecule has 0 atom stereocenters. The zero-order valence-corrected chi connectivity index (χ0v) is 12.1. The number of rotatable bonds is 1. The number of nitrogens with two attached hydrogens (primary N) is 1. The van der Waals surface area contributed by atoms with E-state index in [0.29, 0.717) is 16.3 Å². The number of ether oxygens (including phenoxy) is 1. The Labute approximate surface area is 127 Å². The number of carbonyl (C=O) groups is 1. The molecule has 0 fully saturated rings. The molecule has 2 heterocycles. The molecule has 0 aliphatic rings. The van der Waals surface area contributed by atoms with Crippen LogP contribution in [0.3, 0.4) is 0 Å². The number of benzene rings is 1. The summed E-state index contributed by atoms with van der Waals surface area (Å²) in [6.07, 6.45) is -3.26. The first kappa shape index (κ1) is 15.1. The van der Waals surface area contributed by atoms with Crippen LogP contribution in [-0.4, -0.2) is 27.8 Å².